The molecule has 1 saturated heterocycles. The molecule has 1 aliphatic rings. The number of nitrogens with zero attached hydrogens (tertiary/aromatic N) is 5. The van der Waals surface area contributed by atoms with Crippen molar-refractivity contribution in [3.63, 3.8) is 0 Å². The second kappa shape index (κ2) is 7.67. The summed E-state index contributed by atoms with van der Waals surface area (Å²) in [7, 11) is 0. The van der Waals surface area contributed by atoms with E-state index in [2.05, 4.69) is 27.5 Å². The van der Waals surface area contributed by atoms with Crippen molar-refractivity contribution in [2.45, 2.75) is 46.1 Å². The lowest BCUT2D eigenvalue weighted by Crippen LogP contribution is -2.45. The zero-order valence-corrected chi connectivity index (χ0v) is 15.1. The number of likely N-dealkylation sites (tertiary alicyclic amines) is 1. The normalized spacial score (nSPS) is 16.8. The monoisotopic (exact) mass is 346 g/mol. The number of carbonyl (C=O) groups excluding carboxylic acids is 1. The van der Waals surface area contributed by atoms with Crippen LogP contribution in [0.15, 0.2) is 17.2 Å². The third-order valence-electron chi connectivity index (χ3n) is 4.95. The van der Waals surface area contributed by atoms with E-state index in [0.29, 0.717) is 12.5 Å². The second-order valence-corrected chi connectivity index (χ2v) is 6.87. The van der Waals surface area contributed by atoms with Crippen LogP contribution >= 0.6 is 0 Å². The van der Waals surface area contributed by atoms with Gasteiger partial charge >= 0.3 is 6.03 Å². The van der Waals surface area contributed by atoms with Crippen LogP contribution in [0, 0.1) is 19.8 Å². The number of urea groups is 1. The SMILES string of the molecule is Cc1noc(C)c1[C@H](C)CNC(=O)N1CCC(Cn2cncn2)CC1. The van der Waals surface area contributed by atoms with Crippen molar-refractivity contribution in [1.29, 1.82) is 0 Å². The molecule has 0 radical (unpaired) electrons. The van der Waals surface area contributed by atoms with Crippen LogP contribution in [0.25, 0.3) is 0 Å². The molecule has 0 aliphatic carbocycles. The highest BCUT2D eigenvalue weighted by atomic mass is 16.5. The fourth-order valence-electron chi connectivity index (χ4n) is 3.56. The summed E-state index contributed by atoms with van der Waals surface area (Å²) in [4.78, 5) is 18.3. The van der Waals surface area contributed by atoms with E-state index in [1.807, 2.05) is 23.4 Å². The summed E-state index contributed by atoms with van der Waals surface area (Å²) in [5.41, 5.74) is 1.99. The summed E-state index contributed by atoms with van der Waals surface area (Å²) >= 11 is 0. The van der Waals surface area contributed by atoms with Gasteiger partial charge in [-0.1, -0.05) is 12.1 Å². The van der Waals surface area contributed by atoms with E-state index in [1.165, 1.54) is 0 Å². The summed E-state index contributed by atoms with van der Waals surface area (Å²) in [5, 5.41) is 11.2. The van der Waals surface area contributed by atoms with Gasteiger partial charge in [-0.2, -0.15) is 5.10 Å². The molecule has 3 rings (SSSR count). The summed E-state index contributed by atoms with van der Waals surface area (Å²) < 4.78 is 7.08. The molecule has 0 spiro atoms. The van der Waals surface area contributed by atoms with Crippen LogP contribution in [0.4, 0.5) is 4.79 Å². The first-order valence-corrected chi connectivity index (χ1v) is 8.82. The average molecular weight is 346 g/mol. The lowest BCUT2D eigenvalue weighted by molar-refractivity contribution is 0.164. The molecule has 0 unspecified atom stereocenters. The first kappa shape index (κ1) is 17.4. The number of nitrogens with one attached hydrogen (secondary N) is 1. The lowest BCUT2D eigenvalue weighted by Gasteiger charge is -2.32. The molecule has 1 atom stereocenters. The van der Waals surface area contributed by atoms with Gasteiger partial charge in [-0.15, -0.1) is 0 Å². The van der Waals surface area contributed by atoms with E-state index in [0.717, 1.165) is 49.5 Å². The molecule has 8 nitrogen and oxygen atoms in total. The van der Waals surface area contributed by atoms with Crippen molar-refractivity contribution in [2.75, 3.05) is 19.6 Å². The summed E-state index contributed by atoms with van der Waals surface area (Å²) in [6.07, 6.45) is 5.29. The van der Waals surface area contributed by atoms with Crippen molar-refractivity contribution in [1.82, 2.24) is 30.1 Å². The topological polar surface area (TPSA) is 89.1 Å². The summed E-state index contributed by atoms with van der Waals surface area (Å²) in [6.45, 7) is 8.95. The van der Waals surface area contributed by atoms with E-state index in [9.17, 15) is 4.79 Å². The predicted molar refractivity (Wildman–Crippen MR) is 92.1 cm³/mol. The van der Waals surface area contributed by atoms with Gasteiger partial charge in [0.2, 0.25) is 0 Å². The second-order valence-electron chi connectivity index (χ2n) is 6.87. The van der Waals surface area contributed by atoms with Crippen LogP contribution in [0.5, 0.6) is 0 Å². The highest BCUT2D eigenvalue weighted by Gasteiger charge is 2.24. The Labute approximate surface area is 147 Å². The van der Waals surface area contributed by atoms with Crippen molar-refractivity contribution >= 4 is 6.03 Å². The van der Waals surface area contributed by atoms with Gasteiger partial charge in [-0.25, -0.2) is 9.78 Å². The zero-order valence-electron chi connectivity index (χ0n) is 15.1. The molecule has 1 fully saturated rings. The highest BCUT2D eigenvalue weighted by Crippen LogP contribution is 2.23. The van der Waals surface area contributed by atoms with E-state index in [4.69, 9.17) is 4.52 Å². The molecule has 0 aromatic carbocycles. The van der Waals surface area contributed by atoms with Crippen molar-refractivity contribution in [3.8, 4) is 0 Å². The van der Waals surface area contributed by atoms with Crippen LogP contribution in [0.2, 0.25) is 0 Å². The minimum Gasteiger partial charge on any atom is -0.361 e. The van der Waals surface area contributed by atoms with Crippen molar-refractivity contribution < 1.29 is 9.32 Å². The van der Waals surface area contributed by atoms with Gasteiger partial charge in [0.05, 0.1) is 5.69 Å². The van der Waals surface area contributed by atoms with Gasteiger partial charge in [-0.3, -0.25) is 4.68 Å². The van der Waals surface area contributed by atoms with Crippen LogP contribution in [-0.4, -0.2) is 50.5 Å². The minimum absolute atomic E-state index is 0.0119. The van der Waals surface area contributed by atoms with Gasteiger partial charge in [0, 0.05) is 37.7 Å². The largest absolute Gasteiger partial charge is 0.361 e. The maximum absolute atomic E-state index is 12.4. The van der Waals surface area contributed by atoms with Crippen LogP contribution in [-0.2, 0) is 6.54 Å². The standard InChI is InChI=1S/C17H26N6O2/c1-12(16-13(2)21-25-14(16)3)8-19-17(24)22-6-4-15(5-7-22)9-23-11-18-10-20-23/h10-12,15H,4-9H2,1-3H3,(H,19,24)/t12-/m1/s1. The lowest BCUT2D eigenvalue weighted by atomic mass is 9.97. The molecule has 8 heteroatoms. The van der Waals surface area contributed by atoms with E-state index in [-0.39, 0.29) is 11.9 Å². The van der Waals surface area contributed by atoms with Gasteiger partial charge in [0.25, 0.3) is 0 Å². The van der Waals surface area contributed by atoms with Gasteiger partial charge < -0.3 is 14.7 Å². The molecule has 25 heavy (non-hydrogen) atoms. The Morgan fingerprint density at radius 2 is 2.16 bits per heavy atom. The Morgan fingerprint density at radius 3 is 2.76 bits per heavy atom. The van der Waals surface area contributed by atoms with E-state index < -0.39 is 0 Å². The molecule has 2 aromatic rings. The molecular weight excluding hydrogens is 320 g/mol. The Hall–Kier alpha value is -2.38. The first-order chi connectivity index (χ1) is 12.0. The fraction of sp³-hybridized carbons (Fsp3) is 0.647. The molecule has 3 heterocycles. The third kappa shape index (κ3) is 4.18. The minimum atomic E-state index is 0.0119. The van der Waals surface area contributed by atoms with Crippen molar-refractivity contribution in [2.24, 2.45) is 5.92 Å². The predicted octanol–water partition coefficient (Wildman–Crippen LogP) is 2.11. The average Bonchev–Trinajstić information content (AvgIpc) is 3.23. The van der Waals surface area contributed by atoms with Gasteiger partial charge in [0.15, 0.2) is 0 Å². The zero-order chi connectivity index (χ0) is 17.8. The number of hydrogen-bond donors (Lipinski definition) is 1. The molecule has 1 N–H and O–H groups in total. The smallest absolute Gasteiger partial charge is 0.317 e. The number of aryl methyl sites for hydroxylation is 2. The highest BCUT2D eigenvalue weighted by molar-refractivity contribution is 5.74. The van der Waals surface area contributed by atoms with Crippen LogP contribution in [0.1, 0.15) is 42.7 Å². The van der Waals surface area contributed by atoms with Crippen molar-refractivity contribution in [3.05, 3.63) is 29.7 Å². The Balaban J connectivity index is 1.43. The number of rotatable bonds is 5. The Morgan fingerprint density at radius 1 is 1.40 bits per heavy atom. The number of hydrogen-bond acceptors (Lipinski definition) is 5. The molecule has 2 amide bonds. The van der Waals surface area contributed by atoms with Gasteiger partial charge in [-0.05, 0) is 32.6 Å². The van der Waals surface area contributed by atoms with E-state index in [1.54, 1.807) is 12.7 Å². The molecule has 0 saturated carbocycles. The molecular formula is C17H26N6O2. The summed E-state index contributed by atoms with van der Waals surface area (Å²) in [6, 6.07) is 0.0119. The Bertz CT molecular complexity index is 669. The van der Waals surface area contributed by atoms with Gasteiger partial charge in [0.1, 0.15) is 18.4 Å². The molecule has 136 valence electrons. The molecule has 1 aliphatic heterocycles. The quantitative estimate of drug-likeness (QED) is 0.895. The maximum Gasteiger partial charge on any atom is 0.317 e. The maximum atomic E-state index is 12.4. The van der Waals surface area contributed by atoms with Crippen LogP contribution < -0.4 is 5.32 Å². The Kier molecular flexibility index (Phi) is 5.35. The molecule has 2 aromatic heterocycles. The fourth-order valence-corrected chi connectivity index (χ4v) is 3.56. The first-order valence-electron chi connectivity index (χ1n) is 8.82. The number of carbonyl (C=O) groups is 1. The number of amides is 2. The molecule has 0 bridgehead atoms. The van der Waals surface area contributed by atoms with Crippen LogP contribution in [0.3, 0.4) is 0 Å². The third-order valence-corrected chi connectivity index (χ3v) is 4.95. The summed E-state index contributed by atoms with van der Waals surface area (Å²) in [5.74, 6) is 1.56. The number of piperidine rings is 1. The number of aromatic nitrogens is 4. The van der Waals surface area contributed by atoms with E-state index >= 15 is 0 Å².